The van der Waals surface area contributed by atoms with Crippen LogP contribution in [0.3, 0.4) is 0 Å². The Balaban J connectivity index is 4.01. The molecule has 0 aliphatic rings. The molecule has 0 rings (SSSR count). The summed E-state index contributed by atoms with van der Waals surface area (Å²) in [6.07, 6.45) is 28.2. The lowest BCUT2D eigenvalue weighted by atomic mass is 9.98. The van der Waals surface area contributed by atoms with Crippen molar-refractivity contribution in [1.29, 1.82) is 0 Å². The molecule has 0 fully saturated rings. The van der Waals surface area contributed by atoms with Crippen molar-refractivity contribution in [2.24, 2.45) is 5.92 Å². The molecule has 0 aliphatic heterocycles. The third-order valence-electron chi connectivity index (χ3n) is 6.64. The number of unbranched alkanes of at least 4 members (excludes halogenated alkanes) is 15. The van der Waals surface area contributed by atoms with Crippen molar-refractivity contribution >= 4 is 11.8 Å². The normalized spacial score (nSPS) is 12.5. The van der Waals surface area contributed by atoms with Gasteiger partial charge < -0.3 is 4.74 Å². The molecule has 0 spiro atoms. The van der Waals surface area contributed by atoms with Crippen molar-refractivity contribution < 1.29 is 14.3 Å². The van der Waals surface area contributed by atoms with Crippen LogP contribution in [0, 0.1) is 5.92 Å². The Bertz CT molecular complexity index is 495. The van der Waals surface area contributed by atoms with Crippen molar-refractivity contribution in [3.8, 4) is 0 Å². The van der Waals surface area contributed by atoms with Crippen LogP contribution in [0.1, 0.15) is 163 Å². The number of hydrogen-bond donors (Lipinski definition) is 0. The van der Waals surface area contributed by atoms with E-state index in [4.69, 9.17) is 4.74 Å². The highest BCUT2D eigenvalue weighted by Crippen LogP contribution is 2.17. The van der Waals surface area contributed by atoms with E-state index in [1.165, 1.54) is 83.5 Å². The maximum absolute atomic E-state index is 12.4. The number of esters is 1. The second kappa shape index (κ2) is 25.0. The lowest BCUT2D eigenvalue weighted by Gasteiger charge is -2.18. The zero-order valence-corrected chi connectivity index (χ0v) is 23.4. The molecule has 0 aromatic rings. The van der Waals surface area contributed by atoms with E-state index in [-0.39, 0.29) is 23.8 Å². The van der Waals surface area contributed by atoms with Gasteiger partial charge in [-0.25, -0.2) is 0 Å². The predicted molar refractivity (Wildman–Crippen MR) is 147 cm³/mol. The predicted octanol–water partition coefficient (Wildman–Crippen LogP) is 9.91. The number of ether oxygens (including phenoxy) is 1. The lowest BCUT2D eigenvalue weighted by molar-refractivity contribution is -0.151. The van der Waals surface area contributed by atoms with Crippen LogP contribution >= 0.6 is 0 Å². The molecule has 0 radical (unpaired) electrons. The van der Waals surface area contributed by atoms with Crippen LogP contribution in [-0.4, -0.2) is 17.9 Å². The van der Waals surface area contributed by atoms with Crippen LogP contribution in [0.25, 0.3) is 0 Å². The summed E-state index contributed by atoms with van der Waals surface area (Å²) in [5.74, 6) is 0.0863. The summed E-state index contributed by atoms with van der Waals surface area (Å²) in [7, 11) is 0. The third-order valence-corrected chi connectivity index (χ3v) is 6.64. The Morgan fingerprint density at radius 1 is 0.647 bits per heavy atom. The van der Waals surface area contributed by atoms with E-state index in [2.05, 4.69) is 26.0 Å². The minimum atomic E-state index is -0.234. The number of ketones is 1. The average Bonchev–Trinajstić information content (AvgIpc) is 2.81. The van der Waals surface area contributed by atoms with Crippen molar-refractivity contribution in [1.82, 2.24) is 0 Å². The van der Waals surface area contributed by atoms with Crippen molar-refractivity contribution in [3.63, 3.8) is 0 Å². The highest BCUT2D eigenvalue weighted by atomic mass is 16.5. The van der Waals surface area contributed by atoms with E-state index in [9.17, 15) is 9.59 Å². The van der Waals surface area contributed by atoms with E-state index in [0.717, 1.165) is 38.5 Å². The molecule has 0 heterocycles. The van der Waals surface area contributed by atoms with Crippen LogP contribution in [0.2, 0.25) is 0 Å². The van der Waals surface area contributed by atoms with Crippen molar-refractivity contribution in [2.75, 3.05) is 0 Å². The van der Waals surface area contributed by atoms with Gasteiger partial charge in [-0.3, -0.25) is 9.59 Å². The topological polar surface area (TPSA) is 43.4 Å². The molecule has 0 aliphatic carbocycles. The zero-order valence-electron chi connectivity index (χ0n) is 23.4. The summed E-state index contributed by atoms with van der Waals surface area (Å²) in [4.78, 5) is 24.6. The van der Waals surface area contributed by atoms with Gasteiger partial charge in [0.25, 0.3) is 0 Å². The first-order valence-corrected chi connectivity index (χ1v) is 14.9. The minimum Gasteiger partial charge on any atom is -0.462 e. The fourth-order valence-electron chi connectivity index (χ4n) is 4.22. The van der Waals surface area contributed by atoms with Crippen LogP contribution < -0.4 is 0 Å². The van der Waals surface area contributed by atoms with Crippen LogP contribution in [0.5, 0.6) is 0 Å². The van der Waals surface area contributed by atoms with Crippen molar-refractivity contribution in [3.05, 3.63) is 12.2 Å². The second-order valence-corrected chi connectivity index (χ2v) is 10.5. The Morgan fingerprint density at radius 2 is 1.12 bits per heavy atom. The van der Waals surface area contributed by atoms with Gasteiger partial charge in [0.2, 0.25) is 0 Å². The number of rotatable bonds is 25. The largest absolute Gasteiger partial charge is 0.462 e. The first kappa shape index (κ1) is 32.9. The first-order valence-electron chi connectivity index (χ1n) is 14.9. The molecule has 34 heavy (non-hydrogen) atoms. The number of Topliss-reactive ketones (excluding diaryl/α,β-unsaturated/α-hetero) is 1. The summed E-state index contributed by atoms with van der Waals surface area (Å²) in [6, 6.07) is 0. The van der Waals surface area contributed by atoms with E-state index >= 15 is 0 Å². The standard InChI is InChI=1S/C31H58O3/c1-5-7-9-11-13-15-16-18-20-22-24-26-31(33)34-29(27-30(32)28(3)4)25-23-21-19-17-14-12-10-8-6-2/h15-16,28-29H,5-14,17-27H2,1-4H3/b16-15-. The average molecular weight is 479 g/mol. The van der Waals surface area contributed by atoms with Gasteiger partial charge in [0.05, 0.1) is 0 Å². The lowest BCUT2D eigenvalue weighted by Crippen LogP contribution is -2.23. The molecular formula is C31H58O3. The molecule has 0 aromatic heterocycles. The minimum absolute atomic E-state index is 0.00372. The van der Waals surface area contributed by atoms with E-state index < -0.39 is 0 Å². The number of hydrogen-bond acceptors (Lipinski definition) is 3. The van der Waals surface area contributed by atoms with Gasteiger partial charge in [-0.15, -0.1) is 0 Å². The number of allylic oxidation sites excluding steroid dienone is 2. The summed E-state index contributed by atoms with van der Waals surface area (Å²) >= 11 is 0. The molecule has 0 amide bonds. The smallest absolute Gasteiger partial charge is 0.306 e. The molecule has 3 nitrogen and oxygen atoms in total. The summed E-state index contributed by atoms with van der Waals surface area (Å²) in [5.41, 5.74) is 0. The fourth-order valence-corrected chi connectivity index (χ4v) is 4.22. The fraction of sp³-hybridized carbons (Fsp3) is 0.871. The Kier molecular flexibility index (Phi) is 24.2. The van der Waals surface area contributed by atoms with Gasteiger partial charge in [0, 0.05) is 18.8 Å². The molecule has 1 atom stereocenters. The molecule has 0 bridgehead atoms. The molecule has 0 saturated heterocycles. The van der Waals surface area contributed by atoms with E-state index in [1.54, 1.807) is 0 Å². The van der Waals surface area contributed by atoms with Gasteiger partial charge in [0.15, 0.2) is 0 Å². The van der Waals surface area contributed by atoms with Crippen molar-refractivity contribution in [2.45, 2.75) is 169 Å². The first-order chi connectivity index (χ1) is 16.5. The molecule has 0 saturated carbocycles. The SMILES string of the molecule is CCCCCC/C=C\CCCCCC(=O)OC(CCCCCCCCCCC)CC(=O)C(C)C. The monoisotopic (exact) mass is 478 g/mol. The maximum atomic E-state index is 12.4. The highest BCUT2D eigenvalue weighted by molar-refractivity contribution is 5.81. The zero-order chi connectivity index (χ0) is 25.3. The van der Waals surface area contributed by atoms with Crippen LogP contribution in [0.15, 0.2) is 12.2 Å². The Hall–Kier alpha value is -1.12. The summed E-state index contributed by atoms with van der Waals surface area (Å²) in [6.45, 7) is 8.36. The Morgan fingerprint density at radius 3 is 1.65 bits per heavy atom. The molecular weight excluding hydrogens is 420 g/mol. The molecule has 0 aromatic carbocycles. The number of carbonyl (C=O) groups is 2. The van der Waals surface area contributed by atoms with Gasteiger partial charge in [-0.05, 0) is 44.9 Å². The summed E-state index contributed by atoms with van der Waals surface area (Å²) < 4.78 is 5.76. The maximum Gasteiger partial charge on any atom is 0.306 e. The molecule has 3 heteroatoms. The Labute approximate surface area is 212 Å². The molecule has 0 N–H and O–H groups in total. The van der Waals surface area contributed by atoms with E-state index in [1.807, 2.05) is 13.8 Å². The molecule has 1 unspecified atom stereocenters. The summed E-state index contributed by atoms with van der Waals surface area (Å²) in [5, 5.41) is 0. The third kappa shape index (κ3) is 22.7. The van der Waals surface area contributed by atoms with E-state index in [0.29, 0.717) is 12.8 Å². The van der Waals surface area contributed by atoms with Gasteiger partial charge in [-0.2, -0.15) is 0 Å². The van der Waals surface area contributed by atoms with Gasteiger partial charge in [0.1, 0.15) is 11.9 Å². The second-order valence-electron chi connectivity index (χ2n) is 10.5. The number of carbonyl (C=O) groups excluding carboxylic acids is 2. The highest BCUT2D eigenvalue weighted by Gasteiger charge is 2.19. The van der Waals surface area contributed by atoms with Gasteiger partial charge in [-0.1, -0.05) is 117 Å². The van der Waals surface area contributed by atoms with Crippen LogP contribution in [-0.2, 0) is 14.3 Å². The van der Waals surface area contributed by atoms with Crippen LogP contribution in [0.4, 0.5) is 0 Å². The molecule has 200 valence electrons. The quantitative estimate of drug-likeness (QED) is 0.0744. The van der Waals surface area contributed by atoms with Gasteiger partial charge >= 0.3 is 5.97 Å².